The van der Waals surface area contributed by atoms with Crippen molar-refractivity contribution in [3.63, 3.8) is 0 Å². The predicted molar refractivity (Wildman–Crippen MR) is 97.9 cm³/mol. The van der Waals surface area contributed by atoms with Gasteiger partial charge in [-0.3, -0.25) is 4.79 Å². The lowest BCUT2D eigenvalue weighted by Gasteiger charge is -2.26. The molecule has 2 unspecified atom stereocenters. The van der Waals surface area contributed by atoms with Gasteiger partial charge in [0.2, 0.25) is 5.91 Å². The van der Waals surface area contributed by atoms with E-state index in [0.717, 1.165) is 34.2 Å². The number of ether oxygens (including phenoxy) is 1. The molecule has 1 aliphatic carbocycles. The topological polar surface area (TPSA) is 64.3 Å². The van der Waals surface area contributed by atoms with Crippen LogP contribution in [0.25, 0.3) is 0 Å². The van der Waals surface area contributed by atoms with E-state index in [9.17, 15) is 4.79 Å². The van der Waals surface area contributed by atoms with E-state index in [-0.39, 0.29) is 11.9 Å². The average molecular weight is 389 g/mol. The second-order valence-corrected chi connectivity index (χ2v) is 7.22. The fourth-order valence-corrected chi connectivity index (χ4v) is 3.46. The molecule has 2 aromatic rings. The Bertz CT molecular complexity index is 756. The maximum Gasteiger partial charge on any atom is 0.244 e. The standard InChI is InChI=1S/C19H21BrN2O2/c1-19(21,12-6-8-13(20)9-7-12)18(23)22-16-11-10-15-14(16)4-3-5-17(15)24-2/h3-9,16H,10-11,21H2,1-2H3,(H,22,23). The summed E-state index contributed by atoms with van der Waals surface area (Å²) >= 11 is 3.40. The van der Waals surface area contributed by atoms with E-state index in [0.29, 0.717) is 0 Å². The fraction of sp³-hybridized carbons (Fsp3) is 0.316. The average Bonchev–Trinajstić information content (AvgIpc) is 2.98. The summed E-state index contributed by atoms with van der Waals surface area (Å²) in [4.78, 5) is 12.8. The smallest absolute Gasteiger partial charge is 0.244 e. The SMILES string of the molecule is COc1cccc2c1CCC2NC(=O)C(C)(N)c1ccc(Br)cc1. The van der Waals surface area contributed by atoms with Gasteiger partial charge in [-0.2, -0.15) is 0 Å². The van der Waals surface area contributed by atoms with Gasteiger partial charge >= 0.3 is 0 Å². The molecular formula is C19H21BrN2O2. The highest BCUT2D eigenvalue weighted by atomic mass is 79.9. The van der Waals surface area contributed by atoms with Crippen LogP contribution >= 0.6 is 15.9 Å². The van der Waals surface area contributed by atoms with Gasteiger partial charge in [-0.15, -0.1) is 0 Å². The van der Waals surface area contributed by atoms with E-state index < -0.39 is 5.54 Å². The summed E-state index contributed by atoms with van der Waals surface area (Å²) in [6.45, 7) is 1.74. The van der Waals surface area contributed by atoms with Crippen molar-refractivity contribution < 1.29 is 9.53 Å². The lowest BCUT2D eigenvalue weighted by Crippen LogP contribution is -2.49. The van der Waals surface area contributed by atoms with E-state index >= 15 is 0 Å². The number of nitrogens with two attached hydrogens (primary N) is 1. The first-order chi connectivity index (χ1) is 11.4. The minimum Gasteiger partial charge on any atom is -0.496 e. The molecule has 0 saturated heterocycles. The molecule has 1 amide bonds. The number of nitrogens with one attached hydrogen (secondary N) is 1. The number of amides is 1. The Hall–Kier alpha value is -1.85. The summed E-state index contributed by atoms with van der Waals surface area (Å²) in [7, 11) is 1.67. The molecule has 0 aliphatic heterocycles. The first-order valence-electron chi connectivity index (χ1n) is 7.95. The molecule has 0 fully saturated rings. The Morgan fingerprint density at radius 3 is 2.67 bits per heavy atom. The number of hydrogen-bond acceptors (Lipinski definition) is 3. The molecule has 0 heterocycles. The highest BCUT2D eigenvalue weighted by molar-refractivity contribution is 9.10. The summed E-state index contributed by atoms with van der Waals surface area (Å²) < 4.78 is 6.37. The van der Waals surface area contributed by atoms with Crippen molar-refractivity contribution in [2.24, 2.45) is 5.73 Å². The molecule has 4 nitrogen and oxygen atoms in total. The van der Waals surface area contributed by atoms with Crippen molar-refractivity contribution in [3.8, 4) is 5.75 Å². The van der Waals surface area contributed by atoms with Crippen molar-refractivity contribution in [2.75, 3.05) is 7.11 Å². The fourth-order valence-electron chi connectivity index (χ4n) is 3.20. The predicted octanol–water partition coefficient (Wildman–Crippen LogP) is 3.44. The number of rotatable bonds is 4. The zero-order valence-electron chi connectivity index (χ0n) is 13.8. The van der Waals surface area contributed by atoms with Crippen LogP contribution in [0.4, 0.5) is 0 Å². The second-order valence-electron chi connectivity index (χ2n) is 6.30. The van der Waals surface area contributed by atoms with Crippen LogP contribution in [-0.2, 0) is 16.8 Å². The number of carbonyl (C=O) groups is 1. The number of fused-ring (bicyclic) bond motifs is 1. The van der Waals surface area contributed by atoms with E-state index in [1.807, 2.05) is 42.5 Å². The van der Waals surface area contributed by atoms with E-state index in [4.69, 9.17) is 10.5 Å². The van der Waals surface area contributed by atoms with Gasteiger partial charge in [-0.05, 0) is 54.7 Å². The number of methoxy groups -OCH3 is 1. The maximum absolute atomic E-state index is 12.8. The van der Waals surface area contributed by atoms with Gasteiger partial charge < -0.3 is 15.8 Å². The van der Waals surface area contributed by atoms with Crippen molar-refractivity contribution >= 4 is 21.8 Å². The Labute approximate surface area is 150 Å². The Morgan fingerprint density at radius 2 is 2.00 bits per heavy atom. The van der Waals surface area contributed by atoms with Gasteiger partial charge in [-0.1, -0.05) is 40.2 Å². The molecule has 2 aromatic carbocycles. The maximum atomic E-state index is 12.8. The van der Waals surface area contributed by atoms with Crippen LogP contribution in [0, 0.1) is 0 Å². The molecule has 5 heteroatoms. The number of benzene rings is 2. The third-order valence-electron chi connectivity index (χ3n) is 4.67. The van der Waals surface area contributed by atoms with Crippen LogP contribution < -0.4 is 15.8 Å². The lowest BCUT2D eigenvalue weighted by molar-refractivity contribution is -0.126. The first-order valence-corrected chi connectivity index (χ1v) is 8.74. The first kappa shape index (κ1) is 17.0. The molecule has 0 spiro atoms. The second kappa shape index (κ2) is 6.57. The zero-order valence-corrected chi connectivity index (χ0v) is 15.4. The molecule has 2 atom stereocenters. The van der Waals surface area contributed by atoms with Crippen LogP contribution in [0.1, 0.15) is 36.1 Å². The monoisotopic (exact) mass is 388 g/mol. The molecule has 1 aliphatic rings. The lowest BCUT2D eigenvalue weighted by atomic mass is 9.91. The number of carbonyl (C=O) groups excluding carboxylic acids is 1. The molecular weight excluding hydrogens is 368 g/mol. The van der Waals surface area contributed by atoms with Crippen molar-refractivity contribution in [1.82, 2.24) is 5.32 Å². The van der Waals surface area contributed by atoms with Crippen molar-refractivity contribution in [3.05, 3.63) is 63.6 Å². The molecule has 3 rings (SSSR count). The largest absolute Gasteiger partial charge is 0.496 e. The quantitative estimate of drug-likeness (QED) is 0.842. The van der Waals surface area contributed by atoms with Crippen molar-refractivity contribution in [2.45, 2.75) is 31.3 Å². The molecule has 0 bridgehead atoms. The molecule has 126 valence electrons. The Morgan fingerprint density at radius 1 is 1.29 bits per heavy atom. The molecule has 0 radical (unpaired) electrons. The molecule has 24 heavy (non-hydrogen) atoms. The van der Waals surface area contributed by atoms with E-state index in [1.54, 1.807) is 14.0 Å². The summed E-state index contributed by atoms with van der Waals surface area (Å²) in [6.07, 6.45) is 1.75. The summed E-state index contributed by atoms with van der Waals surface area (Å²) in [5.41, 5.74) is 8.33. The highest BCUT2D eigenvalue weighted by Crippen LogP contribution is 2.37. The van der Waals surface area contributed by atoms with Gasteiger partial charge in [0.1, 0.15) is 11.3 Å². The third-order valence-corrected chi connectivity index (χ3v) is 5.20. The summed E-state index contributed by atoms with van der Waals surface area (Å²) in [5, 5.41) is 3.11. The van der Waals surface area contributed by atoms with Gasteiger partial charge in [0.25, 0.3) is 0 Å². The van der Waals surface area contributed by atoms with Gasteiger partial charge in [-0.25, -0.2) is 0 Å². The van der Waals surface area contributed by atoms with Gasteiger partial charge in [0, 0.05) is 4.47 Å². The van der Waals surface area contributed by atoms with Crippen LogP contribution in [0.15, 0.2) is 46.9 Å². The molecule has 0 saturated carbocycles. The van der Waals surface area contributed by atoms with E-state index in [2.05, 4.69) is 21.2 Å². The molecule has 3 N–H and O–H groups in total. The Balaban J connectivity index is 1.80. The van der Waals surface area contributed by atoms with Crippen LogP contribution in [0.3, 0.4) is 0 Å². The van der Waals surface area contributed by atoms with Gasteiger partial charge in [0.05, 0.1) is 13.2 Å². The molecule has 0 aromatic heterocycles. The van der Waals surface area contributed by atoms with E-state index in [1.165, 1.54) is 5.56 Å². The zero-order chi connectivity index (χ0) is 17.3. The van der Waals surface area contributed by atoms with Gasteiger partial charge in [0.15, 0.2) is 0 Å². The number of halogens is 1. The van der Waals surface area contributed by atoms with Crippen LogP contribution in [0.2, 0.25) is 0 Å². The highest BCUT2D eigenvalue weighted by Gasteiger charge is 2.34. The summed E-state index contributed by atoms with van der Waals surface area (Å²) in [5.74, 6) is 0.707. The van der Waals surface area contributed by atoms with Crippen LogP contribution in [0.5, 0.6) is 5.75 Å². The normalized spacial score (nSPS) is 18.6. The third kappa shape index (κ3) is 3.06. The van der Waals surface area contributed by atoms with Crippen LogP contribution in [-0.4, -0.2) is 13.0 Å². The Kier molecular flexibility index (Phi) is 4.65. The minimum atomic E-state index is -1.08. The number of hydrogen-bond donors (Lipinski definition) is 2. The summed E-state index contributed by atoms with van der Waals surface area (Å²) in [6, 6.07) is 13.5. The minimum absolute atomic E-state index is 0.0269. The van der Waals surface area contributed by atoms with Crippen molar-refractivity contribution in [1.29, 1.82) is 0 Å².